The van der Waals surface area contributed by atoms with Crippen LogP contribution in [0, 0.1) is 6.92 Å². The highest BCUT2D eigenvalue weighted by Crippen LogP contribution is 2.17. The first-order valence-corrected chi connectivity index (χ1v) is 8.30. The smallest absolute Gasteiger partial charge is 0.256 e. The second kappa shape index (κ2) is 7.74. The monoisotopic (exact) mass is 340 g/mol. The standard InChI is InChI=1S/C18H20N4O3/c1-3-7-14-16(12(2)22-25-14)17(23)19-11-10-15-20-21-18(24-15)13-8-5-4-6-9-13/h4-6,8-9H,3,7,10-11H2,1-2H3,(H,19,23). The van der Waals surface area contributed by atoms with Crippen LogP contribution in [0.4, 0.5) is 0 Å². The second-order valence-corrected chi connectivity index (χ2v) is 5.69. The highest BCUT2D eigenvalue weighted by molar-refractivity contribution is 5.96. The minimum absolute atomic E-state index is 0.190. The van der Waals surface area contributed by atoms with Crippen molar-refractivity contribution in [2.45, 2.75) is 33.1 Å². The van der Waals surface area contributed by atoms with E-state index in [-0.39, 0.29) is 5.91 Å². The molecule has 0 saturated heterocycles. The molecule has 0 saturated carbocycles. The maximum atomic E-state index is 12.4. The van der Waals surface area contributed by atoms with Crippen LogP contribution in [0.25, 0.3) is 11.5 Å². The summed E-state index contributed by atoms with van der Waals surface area (Å²) in [5, 5.41) is 14.8. The van der Waals surface area contributed by atoms with E-state index in [1.807, 2.05) is 37.3 Å². The Bertz CT molecular complexity index is 839. The first-order valence-electron chi connectivity index (χ1n) is 8.30. The van der Waals surface area contributed by atoms with Crippen molar-refractivity contribution in [3.05, 3.63) is 53.2 Å². The molecule has 0 fully saturated rings. The lowest BCUT2D eigenvalue weighted by Gasteiger charge is -2.03. The molecule has 0 aliphatic heterocycles. The van der Waals surface area contributed by atoms with Gasteiger partial charge in [0.05, 0.1) is 5.69 Å². The summed E-state index contributed by atoms with van der Waals surface area (Å²) in [6.07, 6.45) is 2.03. The third-order valence-electron chi connectivity index (χ3n) is 3.75. The summed E-state index contributed by atoms with van der Waals surface area (Å²) in [5.41, 5.74) is 2.00. The van der Waals surface area contributed by atoms with Crippen LogP contribution in [0.5, 0.6) is 0 Å². The number of carbonyl (C=O) groups is 1. The predicted octanol–water partition coefficient (Wildman–Crippen LogP) is 2.96. The molecule has 0 spiro atoms. The largest absolute Gasteiger partial charge is 0.421 e. The number of nitrogens with zero attached hydrogens (tertiary/aromatic N) is 3. The van der Waals surface area contributed by atoms with Gasteiger partial charge in [-0.1, -0.05) is 30.3 Å². The van der Waals surface area contributed by atoms with Gasteiger partial charge in [0.1, 0.15) is 11.3 Å². The minimum atomic E-state index is -0.190. The van der Waals surface area contributed by atoms with E-state index in [4.69, 9.17) is 8.94 Å². The first-order chi connectivity index (χ1) is 12.2. The quantitative estimate of drug-likeness (QED) is 0.710. The van der Waals surface area contributed by atoms with Crippen LogP contribution in [0.2, 0.25) is 0 Å². The van der Waals surface area contributed by atoms with Crippen molar-refractivity contribution in [2.75, 3.05) is 6.54 Å². The average molecular weight is 340 g/mol. The number of benzene rings is 1. The summed E-state index contributed by atoms with van der Waals surface area (Å²) >= 11 is 0. The molecule has 2 aromatic heterocycles. The topological polar surface area (TPSA) is 94.1 Å². The number of hydrogen-bond acceptors (Lipinski definition) is 6. The van der Waals surface area contributed by atoms with Gasteiger partial charge in [-0.2, -0.15) is 0 Å². The average Bonchev–Trinajstić information content (AvgIpc) is 3.23. The molecular formula is C18H20N4O3. The Hall–Kier alpha value is -2.96. The Morgan fingerprint density at radius 1 is 1.16 bits per heavy atom. The fourth-order valence-corrected chi connectivity index (χ4v) is 2.53. The lowest BCUT2D eigenvalue weighted by atomic mass is 10.1. The summed E-state index contributed by atoms with van der Waals surface area (Å²) in [4.78, 5) is 12.4. The Labute approximate surface area is 145 Å². The van der Waals surface area contributed by atoms with Crippen molar-refractivity contribution in [1.29, 1.82) is 0 Å². The van der Waals surface area contributed by atoms with Crippen LogP contribution in [-0.2, 0) is 12.8 Å². The number of aromatic nitrogens is 3. The van der Waals surface area contributed by atoms with Crippen molar-refractivity contribution in [1.82, 2.24) is 20.7 Å². The SMILES string of the molecule is CCCc1onc(C)c1C(=O)NCCc1nnc(-c2ccccc2)o1. The van der Waals surface area contributed by atoms with Crippen molar-refractivity contribution < 1.29 is 13.7 Å². The van der Waals surface area contributed by atoms with Gasteiger partial charge in [-0.05, 0) is 25.5 Å². The molecule has 130 valence electrons. The first kappa shape index (κ1) is 16.9. The molecule has 1 N–H and O–H groups in total. The molecule has 25 heavy (non-hydrogen) atoms. The third kappa shape index (κ3) is 3.93. The lowest BCUT2D eigenvalue weighted by Crippen LogP contribution is -2.27. The molecule has 7 heteroatoms. The van der Waals surface area contributed by atoms with Crippen molar-refractivity contribution in [3.63, 3.8) is 0 Å². The zero-order chi connectivity index (χ0) is 17.6. The predicted molar refractivity (Wildman–Crippen MR) is 91.0 cm³/mol. The van der Waals surface area contributed by atoms with E-state index in [9.17, 15) is 4.79 Å². The summed E-state index contributed by atoms with van der Waals surface area (Å²) in [6.45, 7) is 4.19. The van der Waals surface area contributed by atoms with Crippen LogP contribution in [0.3, 0.4) is 0 Å². The van der Waals surface area contributed by atoms with Gasteiger partial charge < -0.3 is 14.3 Å². The normalized spacial score (nSPS) is 10.8. The lowest BCUT2D eigenvalue weighted by molar-refractivity contribution is 0.0951. The molecule has 0 aliphatic carbocycles. The van der Waals surface area contributed by atoms with Gasteiger partial charge in [0.2, 0.25) is 11.8 Å². The third-order valence-corrected chi connectivity index (χ3v) is 3.75. The highest BCUT2D eigenvalue weighted by atomic mass is 16.5. The molecule has 0 radical (unpaired) electrons. The van der Waals surface area contributed by atoms with Gasteiger partial charge in [-0.25, -0.2) is 0 Å². The van der Waals surface area contributed by atoms with Gasteiger partial charge in [0.15, 0.2) is 0 Å². The van der Waals surface area contributed by atoms with Crippen LogP contribution >= 0.6 is 0 Å². The fraction of sp³-hybridized carbons (Fsp3) is 0.333. The molecule has 7 nitrogen and oxygen atoms in total. The van der Waals surface area contributed by atoms with Gasteiger partial charge >= 0.3 is 0 Å². The molecule has 3 rings (SSSR count). The van der Waals surface area contributed by atoms with Gasteiger partial charge in [0.25, 0.3) is 5.91 Å². The minimum Gasteiger partial charge on any atom is -0.421 e. The Balaban J connectivity index is 1.58. The zero-order valence-corrected chi connectivity index (χ0v) is 14.3. The summed E-state index contributed by atoms with van der Waals surface area (Å²) in [7, 11) is 0. The molecule has 0 bridgehead atoms. The van der Waals surface area contributed by atoms with Crippen molar-refractivity contribution >= 4 is 5.91 Å². The summed E-state index contributed by atoms with van der Waals surface area (Å²) in [5.74, 6) is 1.39. The molecule has 1 amide bonds. The second-order valence-electron chi connectivity index (χ2n) is 5.69. The number of amides is 1. The molecule has 0 aliphatic rings. The van der Waals surface area contributed by atoms with E-state index >= 15 is 0 Å². The Morgan fingerprint density at radius 3 is 2.72 bits per heavy atom. The van der Waals surface area contributed by atoms with E-state index in [0.717, 1.165) is 12.0 Å². The van der Waals surface area contributed by atoms with E-state index in [1.54, 1.807) is 6.92 Å². The maximum Gasteiger partial charge on any atom is 0.256 e. The Morgan fingerprint density at radius 2 is 1.96 bits per heavy atom. The summed E-state index contributed by atoms with van der Waals surface area (Å²) < 4.78 is 10.8. The van der Waals surface area contributed by atoms with Gasteiger partial charge in [-0.3, -0.25) is 4.79 Å². The van der Waals surface area contributed by atoms with Crippen LogP contribution in [0.15, 0.2) is 39.3 Å². The fourth-order valence-electron chi connectivity index (χ4n) is 2.53. The van der Waals surface area contributed by atoms with E-state index in [2.05, 4.69) is 20.7 Å². The molecule has 0 atom stereocenters. The molecule has 0 unspecified atom stereocenters. The van der Waals surface area contributed by atoms with Crippen LogP contribution < -0.4 is 5.32 Å². The van der Waals surface area contributed by atoms with Crippen LogP contribution in [-0.4, -0.2) is 27.8 Å². The van der Waals surface area contributed by atoms with Crippen LogP contribution in [0.1, 0.15) is 41.0 Å². The molecular weight excluding hydrogens is 320 g/mol. The Kier molecular flexibility index (Phi) is 5.23. The number of rotatable bonds is 7. The van der Waals surface area contributed by atoms with Crippen molar-refractivity contribution in [3.8, 4) is 11.5 Å². The molecule has 1 aromatic carbocycles. The summed E-state index contributed by atoms with van der Waals surface area (Å²) in [6, 6.07) is 9.56. The molecule has 3 aromatic rings. The van der Waals surface area contributed by atoms with E-state index < -0.39 is 0 Å². The van der Waals surface area contributed by atoms with Gasteiger partial charge in [0, 0.05) is 24.9 Å². The maximum absolute atomic E-state index is 12.4. The number of hydrogen-bond donors (Lipinski definition) is 1. The van der Waals surface area contributed by atoms with Crippen molar-refractivity contribution in [2.24, 2.45) is 0 Å². The number of carbonyl (C=O) groups excluding carboxylic acids is 1. The van der Waals surface area contributed by atoms with Gasteiger partial charge in [-0.15, -0.1) is 10.2 Å². The van der Waals surface area contributed by atoms with E-state index in [0.29, 0.717) is 48.2 Å². The highest BCUT2D eigenvalue weighted by Gasteiger charge is 2.19. The van der Waals surface area contributed by atoms with E-state index in [1.165, 1.54) is 0 Å². The number of aryl methyl sites for hydroxylation is 2. The number of nitrogens with one attached hydrogen (secondary N) is 1. The zero-order valence-electron chi connectivity index (χ0n) is 14.3. The molecule has 2 heterocycles.